The van der Waals surface area contributed by atoms with Crippen LogP contribution in [0.15, 0.2) is 24.3 Å². The molecule has 0 aromatic heterocycles. The SMILES string of the molecule is O=C(NCc1cccc(OCC(F)(F)F)c1)C1CC(F)(F)CN1. The molecule has 128 valence electrons. The van der Waals surface area contributed by atoms with Crippen LogP contribution >= 0.6 is 0 Å². The first-order valence-electron chi connectivity index (χ1n) is 6.82. The lowest BCUT2D eigenvalue weighted by atomic mass is 10.1. The molecule has 1 aromatic rings. The summed E-state index contributed by atoms with van der Waals surface area (Å²) in [5.74, 6) is -3.48. The van der Waals surface area contributed by atoms with E-state index < -0.39 is 43.6 Å². The zero-order chi connectivity index (χ0) is 17.1. The van der Waals surface area contributed by atoms with Gasteiger partial charge in [0, 0.05) is 13.0 Å². The molecule has 1 aromatic carbocycles. The third kappa shape index (κ3) is 5.66. The zero-order valence-electron chi connectivity index (χ0n) is 11.9. The van der Waals surface area contributed by atoms with Crippen LogP contribution in [0.2, 0.25) is 0 Å². The normalized spacial score (nSPS) is 20.3. The predicted octanol–water partition coefficient (Wildman–Crippen LogP) is 2.24. The van der Waals surface area contributed by atoms with E-state index in [9.17, 15) is 26.7 Å². The van der Waals surface area contributed by atoms with E-state index in [4.69, 9.17) is 0 Å². The maximum absolute atomic E-state index is 13.0. The molecule has 1 atom stereocenters. The quantitative estimate of drug-likeness (QED) is 0.810. The number of hydrogen-bond donors (Lipinski definition) is 2. The van der Waals surface area contributed by atoms with Gasteiger partial charge in [-0.15, -0.1) is 0 Å². The minimum absolute atomic E-state index is 0.00576. The van der Waals surface area contributed by atoms with E-state index in [0.717, 1.165) is 0 Å². The van der Waals surface area contributed by atoms with Crippen molar-refractivity contribution in [1.82, 2.24) is 10.6 Å². The third-order valence-electron chi connectivity index (χ3n) is 3.19. The number of carbonyl (C=O) groups is 1. The third-order valence-corrected chi connectivity index (χ3v) is 3.19. The average molecular weight is 338 g/mol. The summed E-state index contributed by atoms with van der Waals surface area (Å²) in [7, 11) is 0. The maximum Gasteiger partial charge on any atom is 0.422 e. The van der Waals surface area contributed by atoms with Crippen LogP contribution in [0.5, 0.6) is 5.75 Å². The zero-order valence-corrected chi connectivity index (χ0v) is 11.9. The summed E-state index contributed by atoms with van der Waals surface area (Å²) in [6, 6.07) is 4.79. The van der Waals surface area contributed by atoms with Gasteiger partial charge in [0.05, 0.1) is 12.6 Å². The molecule has 4 nitrogen and oxygen atoms in total. The maximum atomic E-state index is 13.0. The molecule has 9 heteroatoms. The molecule has 0 radical (unpaired) electrons. The van der Waals surface area contributed by atoms with Crippen molar-refractivity contribution < 1.29 is 31.5 Å². The van der Waals surface area contributed by atoms with Crippen LogP contribution in [0, 0.1) is 0 Å². The van der Waals surface area contributed by atoms with Crippen molar-refractivity contribution in [2.45, 2.75) is 31.1 Å². The summed E-state index contributed by atoms with van der Waals surface area (Å²) in [4.78, 5) is 11.8. The Balaban J connectivity index is 1.85. The summed E-state index contributed by atoms with van der Waals surface area (Å²) in [6.07, 6.45) is -5.02. The van der Waals surface area contributed by atoms with Gasteiger partial charge in [0.2, 0.25) is 5.91 Å². The van der Waals surface area contributed by atoms with Crippen molar-refractivity contribution in [2.75, 3.05) is 13.2 Å². The number of benzene rings is 1. The fourth-order valence-corrected chi connectivity index (χ4v) is 2.12. The second kappa shape index (κ2) is 6.69. The second-order valence-electron chi connectivity index (χ2n) is 5.26. The molecule has 23 heavy (non-hydrogen) atoms. The summed E-state index contributed by atoms with van der Waals surface area (Å²) in [5, 5.41) is 4.89. The molecule has 1 saturated heterocycles. The largest absolute Gasteiger partial charge is 0.484 e. The van der Waals surface area contributed by atoms with Crippen LogP contribution in [-0.2, 0) is 11.3 Å². The Morgan fingerprint density at radius 2 is 2.13 bits per heavy atom. The summed E-state index contributed by atoms with van der Waals surface area (Å²) < 4.78 is 66.8. The van der Waals surface area contributed by atoms with E-state index in [2.05, 4.69) is 15.4 Å². The molecule has 2 rings (SSSR count). The number of hydrogen-bond acceptors (Lipinski definition) is 3. The molecule has 1 amide bonds. The Morgan fingerprint density at radius 3 is 2.74 bits per heavy atom. The van der Waals surface area contributed by atoms with E-state index in [-0.39, 0.29) is 12.3 Å². The van der Waals surface area contributed by atoms with E-state index in [1.54, 1.807) is 6.07 Å². The molecule has 0 bridgehead atoms. The van der Waals surface area contributed by atoms with Crippen LogP contribution in [-0.4, -0.2) is 37.2 Å². The van der Waals surface area contributed by atoms with Crippen LogP contribution in [0.1, 0.15) is 12.0 Å². The number of halogens is 5. The monoisotopic (exact) mass is 338 g/mol. The lowest BCUT2D eigenvalue weighted by Gasteiger charge is -2.13. The Labute approximate surface area is 129 Å². The van der Waals surface area contributed by atoms with Gasteiger partial charge in [0.1, 0.15) is 5.75 Å². The van der Waals surface area contributed by atoms with E-state index in [0.29, 0.717) is 5.56 Å². The van der Waals surface area contributed by atoms with Gasteiger partial charge >= 0.3 is 6.18 Å². The van der Waals surface area contributed by atoms with Crippen molar-refractivity contribution in [1.29, 1.82) is 0 Å². The molecule has 2 N–H and O–H groups in total. The van der Waals surface area contributed by atoms with Crippen LogP contribution in [0.25, 0.3) is 0 Å². The highest BCUT2D eigenvalue weighted by Gasteiger charge is 2.42. The van der Waals surface area contributed by atoms with Gasteiger partial charge in [-0.25, -0.2) is 8.78 Å². The summed E-state index contributed by atoms with van der Waals surface area (Å²) in [5.41, 5.74) is 0.503. The molecule has 0 spiro atoms. The molecule has 0 saturated carbocycles. The number of amides is 1. The Morgan fingerprint density at radius 1 is 1.39 bits per heavy atom. The van der Waals surface area contributed by atoms with Gasteiger partial charge in [-0.2, -0.15) is 13.2 Å². The minimum Gasteiger partial charge on any atom is -0.484 e. The van der Waals surface area contributed by atoms with E-state index in [1.165, 1.54) is 18.2 Å². The van der Waals surface area contributed by atoms with Crippen LogP contribution < -0.4 is 15.4 Å². The molecule has 1 fully saturated rings. The smallest absolute Gasteiger partial charge is 0.422 e. The number of rotatable bonds is 5. The number of carbonyl (C=O) groups excluding carboxylic acids is 1. The molecule has 1 aliphatic heterocycles. The van der Waals surface area contributed by atoms with Gasteiger partial charge in [0.15, 0.2) is 6.61 Å². The molecule has 1 aliphatic rings. The van der Waals surface area contributed by atoms with Gasteiger partial charge < -0.3 is 10.1 Å². The Bertz CT molecular complexity index is 562. The highest BCUT2D eigenvalue weighted by Crippen LogP contribution is 2.25. The van der Waals surface area contributed by atoms with Crippen LogP contribution in [0.3, 0.4) is 0 Å². The van der Waals surface area contributed by atoms with Crippen molar-refractivity contribution in [3.05, 3.63) is 29.8 Å². The predicted molar refractivity (Wildman–Crippen MR) is 71.2 cm³/mol. The lowest BCUT2D eigenvalue weighted by Crippen LogP contribution is -2.40. The standard InChI is InChI=1S/C14H15F5N2O2/c15-13(16)5-11(21-7-13)12(22)20-6-9-2-1-3-10(4-9)23-8-14(17,18)19/h1-4,11,21H,5-8H2,(H,20,22). The van der Waals surface area contributed by atoms with Crippen molar-refractivity contribution in [3.8, 4) is 5.75 Å². The molecular formula is C14H15F5N2O2. The minimum atomic E-state index is -4.44. The second-order valence-corrected chi connectivity index (χ2v) is 5.26. The summed E-state index contributed by atoms with van der Waals surface area (Å²) >= 11 is 0. The van der Waals surface area contributed by atoms with Crippen molar-refractivity contribution in [2.24, 2.45) is 0 Å². The first kappa shape index (κ1) is 17.5. The highest BCUT2D eigenvalue weighted by molar-refractivity contribution is 5.82. The summed E-state index contributed by atoms with van der Waals surface area (Å²) in [6.45, 7) is -1.96. The number of nitrogens with one attached hydrogen (secondary N) is 2. The first-order chi connectivity index (χ1) is 10.6. The topological polar surface area (TPSA) is 50.4 Å². The van der Waals surface area contributed by atoms with Gasteiger partial charge in [-0.3, -0.25) is 10.1 Å². The molecule has 1 unspecified atom stereocenters. The molecular weight excluding hydrogens is 323 g/mol. The van der Waals surface area contributed by atoms with Gasteiger partial charge in [0.25, 0.3) is 5.92 Å². The van der Waals surface area contributed by atoms with E-state index in [1.807, 2.05) is 0 Å². The van der Waals surface area contributed by atoms with Gasteiger partial charge in [-0.1, -0.05) is 12.1 Å². The Kier molecular flexibility index (Phi) is 5.08. The van der Waals surface area contributed by atoms with E-state index >= 15 is 0 Å². The molecule has 1 heterocycles. The lowest BCUT2D eigenvalue weighted by molar-refractivity contribution is -0.153. The van der Waals surface area contributed by atoms with Crippen LogP contribution in [0.4, 0.5) is 22.0 Å². The molecule has 0 aliphatic carbocycles. The highest BCUT2D eigenvalue weighted by atomic mass is 19.4. The number of alkyl halides is 5. The van der Waals surface area contributed by atoms with Gasteiger partial charge in [-0.05, 0) is 17.7 Å². The van der Waals surface area contributed by atoms with Crippen molar-refractivity contribution in [3.63, 3.8) is 0 Å². The Hall–Kier alpha value is -1.90. The fraction of sp³-hybridized carbons (Fsp3) is 0.500. The fourth-order valence-electron chi connectivity index (χ4n) is 2.12. The van der Waals surface area contributed by atoms with Crippen molar-refractivity contribution >= 4 is 5.91 Å². The number of ether oxygens (including phenoxy) is 1. The first-order valence-corrected chi connectivity index (χ1v) is 6.82. The average Bonchev–Trinajstić information content (AvgIpc) is 2.83.